The number of amides is 1. The van der Waals surface area contributed by atoms with Gasteiger partial charge in [0, 0.05) is 43.4 Å². The molecule has 1 N–H and O–H groups in total. The van der Waals surface area contributed by atoms with E-state index in [9.17, 15) is 9.90 Å². The lowest BCUT2D eigenvalue weighted by molar-refractivity contribution is 0.0168. The Morgan fingerprint density at radius 3 is 2.79 bits per heavy atom. The normalized spacial score (nSPS) is 20.1. The highest BCUT2D eigenvalue weighted by Gasteiger charge is 2.36. The molecule has 2 aliphatic heterocycles. The molecule has 6 nitrogen and oxygen atoms in total. The van der Waals surface area contributed by atoms with Crippen LogP contribution in [0.3, 0.4) is 0 Å². The van der Waals surface area contributed by atoms with Crippen molar-refractivity contribution in [1.82, 2.24) is 14.8 Å². The van der Waals surface area contributed by atoms with Gasteiger partial charge in [0.25, 0.3) is 5.91 Å². The number of carbonyl (C=O) groups is 1. The van der Waals surface area contributed by atoms with E-state index in [4.69, 9.17) is 5.26 Å². The Labute approximate surface area is 178 Å². The summed E-state index contributed by atoms with van der Waals surface area (Å²) >= 11 is 3.36. The molecule has 0 spiro atoms. The summed E-state index contributed by atoms with van der Waals surface area (Å²) in [6.45, 7) is 4.39. The zero-order valence-electron chi connectivity index (χ0n) is 16.1. The second-order valence-electron chi connectivity index (χ2n) is 7.93. The average Bonchev–Trinajstić information content (AvgIpc) is 2.71. The molecule has 1 aromatic carbocycles. The predicted octanol–water partition coefficient (Wildman–Crippen LogP) is 3.41. The molecule has 0 bridgehead atoms. The molecule has 7 heteroatoms. The lowest BCUT2D eigenvalue weighted by Gasteiger charge is -2.46. The molecule has 0 saturated carbocycles. The molecule has 0 aliphatic carbocycles. The van der Waals surface area contributed by atoms with Gasteiger partial charge in [-0.15, -0.1) is 0 Å². The minimum Gasteiger partial charge on any atom is -0.507 e. The van der Waals surface area contributed by atoms with E-state index in [0.717, 1.165) is 55.6 Å². The van der Waals surface area contributed by atoms with Crippen molar-refractivity contribution in [2.24, 2.45) is 11.8 Å². The molecule has 3 heterocycles. The smallest absolute Gasteiger partial charge is 0.272 e. The van der Waals surface area contributed by atoms with Gasteiger partial charge in [0.1, 0.15) is 17.5 Å². The monoisotopic (exact) mass is 454 g/mol. The SMILES string of the molecule is N#Cc1cc(CN2CC(C3CCCN(C(=O)c4ccc(Br)cn4)C3)C2)ccc1O. The number of nitriles is 1. The number of phenols is 1. The van der Waals surface area contributed by atoms with Crippen LogP contribution < -0.4 is 0 Å². The van der Waals surface area contributed by atoms with Crippen LogP contribution in [0.25, 0.3) is 0 Å². The van der Waals surface area contributed by atoms with E-state index >= 15 is 0 Å². The van der Waals surface area contributed by atoms with Gasteiger partial charge in [-0.3, -0.25) is 9.69 Å². The van der Waals surface area contributed by atoms with E-state index in [1.54, 1.807) is 24.4 Å². The lowest BCUT2D eigenvalue weighted by atomic mass is 9.80. The van der Waals surface area contributed by atoms with E-state index in [1.165, 1.54) is 0 Å². The van der Waals surface area contributed by atoms with E-state index in [0.29, 0.717) is 23.1 Å². The number of hydrogen-bond acceptors (Lipinski definition) is 5. The van der Waals surface area contributed by atoms with Gasteiger partial charge in [-0.1, -0.05) is 6.07 Å². The van der Waals surface area contributed by atoms with Crippen LogP contribution in [0, 0.1) is 23.2 Å². The molecule has 2 aliphatic rings. The van der Waals surface area contributed by atoms with Crippen molar-refractivity contribution in [3.63, 3.8) is 0 Å². The zero-order valence-corrected chi connectivity index (χ0v) is 17.7. The molecule has 150 valence electrons. The molecule has 2 saturated heterocycles. The molecule has 1 atom stereocenters. The number of aromatic hydroxyl groups is 1. The van der Waals surface area contributed by atoms with E-state index in [2.05, 4.69) is 25.8 Å². The predicted molar refractivity (Wildman–Crippen MR) is 112 cm³/mol. The summed E-state index contributed by atoms with van der Waals surface area (Å²) < 4.78 is 0.871. The van der Waals surface area contributed by atoms with Gasteiger partial charge in [-0.25, -0.2) is 4.98 Å². The summed E-state index contributed by atoms with van der Waals surface area (Å²) in [6.07, 6.45) is 3.86. The van der Waals surface area contributed by atoms with Crippen molar-refractivity contribution < 1.29 is 9.90 Å². The summed E-state index contributed by atoms with van der Waals surface area (Å²) in [4.78, 5) is 21.3. The van der Waals surface area contributed by atoms with E-state index in [1.807, 2.05) is 23.1 Å². The van der Waals surface area contributed by atoms with Crippen molar-refractivity contribution in [3.05, 3.63) is 57.8 Å². The second kappa shape index (κ2) is 8.52. The number of rotatable bonds is 4. The quantitative estimate of drug-likeness (QED) is 0.765. The van der Waals surface area contributed by atoms with Gasteiger partial charge in [-0.05, 0) is 70.4 Å². The van der Waals surface area contributed by atoms with E-state index < -0.39 is 0 Å². The van der Waals surface area contributed by atoms with Crippen LogP contribution in [-0.2, 0) is 6.54 Å². The van der Waals surface area contributed by atoms with Crippen molar-refractivity contribution in [2.45, 2.75) is 19.4 Å². The maximum Gasteiger partial charge on any atom is 0.272 e. The highest BCUT2D eigenvalue weighted by Crippen LogP contribution is 2.32. The van der Waals surface area contributed by atoms with Crippen molar-refractivity contribution in [3.8, 4) is 11.8 Å². The Morgan fingerprint density at radius 2 is 2.07 bits per heavy atom. The first-order valence-electron chi connectivity index (χ1n) is 9.88. The zero-order chi connectivity index (χ0) is 20.4. The number of nitrogens with zero attached hydrogens (tertiary/aromatic N) is 4. The van der Waals surface area contributed by atoms with Crippen molar-refractivity contribution in [1.29, 1.82) is 5.26 Å². The highest BCUT2D eigenvalue weighted by molar-refractivity contribution is 9.10. The fourth-order valence-electron chi connectivity index (χ4n) is 4.31. The maximum atomic E-state index is 12.8. The van der Waals surface area contributed by atoms with Gasteiger partial charge in [0.2, 0.25) is 0 Å². The average molecular weight is 455 g/mol. The molecule has 29 heavy (non-hydrogen) atoms. The minimum atomic E-state index is 0.0199. The van der Waals surface area contributed by atoms with E-state index in [-0.39, 0.29) is 11.7 Å². The fraction of sp³-hybridized carbons (Fsp3) is 0.409. The Balaban J connectivity index is 1.31. The summed E-state index contributed by atoms with van der Waals surface area (Å²) in [7, 11) is 0. The third-order valence-electron chi connectivity index (χ3n) is 5.93. The number of phenolic OH excluding ortho intramolecular Hbond substituents is 1. The number of benzene rings is 1. The number of pyridine rings is 1. The Kier molecular flexibility index (Phi) is 5.84. The fourth-order valence-corrected chi connectivity index (χ4v) is 4.54. The Bertz CT molecular complexity index is 935. The van der Waals surface area contributed by atoms with Crippen LogP contribution in [0.2, 0.25) is 0 Å². The molecule has 1 aromatic heterocycles. The first-order chi connectivity index (χ1) is 14.0. The van der Waals surface area contributed by atoms with Crippen LogP contribution >= 0.6 is 15.9 Å². The Hall–Kier alpha value is -2.43. The number of hydrogen-bond donors (Lipinski definition) is 1. The summed E-state index contributed by atoms with van der Waals surface area (Å²) in [5.41, 5.74) is 1.87. The summed E-state index contributed by atoms with van der Waals surface area (Å²) in [5, 5.41) is 18.7. The summed E-state index contributed by atoms with van der Waals surface area (Å²) in [6, 6.07) is 10.9. The number of aromatic nitrogens is 1. The first kappa shape index (κ1) is 19.9. The van der Waals surface area contributed by atoms with Gasteiger partial charge >= 0.3 is 0 Å². The number of halogens is 1. The number of piperidine rings is 1. The maximum absolute atomic E-state index is 12.8. The van der Waals surface area contributed by atoms with Crippen molar-refractivity contribution in [2.75, 3.05) is 26.2 Å². The molecule has 4 rings (SSSR count). The number of carbonyl (C=O) groups excluding carboxylic acids is 1. The molecule has 2 fully saturated rings. The topological polar surface area (TPSA) is 80.5 Å². The molecule has 1 unspecified atom stereocenters. The number of likely N-dealkylation sites (tertiary alicyclic amines) is 2. The Morgan fingerprint density at radius 1 is 1.24 bits per heavy atom. The van der Waals surface area contributed by atoms with Crippen LogP contribution in [0.5, 0.6) is 5.75 Å². The van der Waals surface area contributed by atoms with Crippen LogP contribution in [-0.4, -0.2) is 52.0 Å². The minimum absolute atomic E-state index is 0.0199. The van der Waals surface area contributed by atoms with Crippen LogP contribution in [0.4, 0.5) is 0 Å². The second-order valence-corrected chi connectivity index (χ2v) is 8.85. The van der Waals surface area contributed by atoms with Gasteiger partial charge < -0.3 is 10.0 Å². The molecular weight excluding hydrogens is 432 g/mol. The van der Waals surface area contributed by atoms with Gasteiger partial charge in [0.05, 0.1) is 5.56 Å². The summed E-state index contributed by atoms with van der Waals surface area (Å²) in [5.74, 6) is 1.17. The van der Waals surface area contributed by atoms with Gasteiger partial charge in [-0.2, -0.15) is 5.26 Å². The molecule has 1 amide bonds. The standard InChI is InChI=1S/C22H23BrN4O2/c23-19-4-5-20(25-10-19)22(29)27-7-1-2-16(14-27)18-12-26(13-18)11-15-3-6-21(28)17(8-15)9-24/h3-6,8,10,16,18,28H,1-2,7,11-14H2. The molecule has 0 radical (unpaired) electrons. The lowest BCUT2D eigenvalue weighted by Crippen LogP contribution is -2.53. The van der Waals surface area contributed by atoms with Crippen LogP contribution in [0.15, 0.2) is 41.0 Å². The van der Waals surface area contributed by atoms with Crippen LogP contribution in [0.1, 0.15) is 34.5 Å². The largest absolute Gasteiger partial charge is 0.507 e. The first-order valence-corrected chi connectivity index (χ1v) is 10.7. The third-order valence-corrected chi connectivity index (χ3v) is 6.40. The molecular formula is C22H23BrN4O2. The highest BCUT2D eigenvalue weighted by atomic mass is 79.9. The molecule has 2 aromatic rings. The van der Waals surface area contributed by atoms with Gasteiger partial charge in [0.15, 0.2) is 0 Å². The van der Waals surface area contributed by atoms with Crippen molar-refractivity contribution >= 4 is 21.8 Å². The third kappa shape index (κ3) is 4.44.